The fraction of sp³-hybridized carbons (Fsp3) is 0.0741. The van der Waals surface area contributed by atoms with Crippen LogP contribution in [0, 0.1) is 0 Å². The van der Waals surface area contributed by atoms with E-state index in [-0.39, 0.29) is 0 Å². The molecule has 0 spiro atoms. The Kier molecular flexibility index (Phi) is 6.08. The summed E-state index contributed by atoms with van der Waals surface area (Å²) in [6, 6.07) is 10.1. The second kappa shape index (κ2) is 9.27. The van der Waals surface area contributed by atoms with Crippen LogP contribution in [0.1, 0.15) is 13.8 Å². The molecular weight excluding hydrogens is 394 g/mol. The van der Waals surface area contributed by atoms with Crippen molar-refractivity contribution >= 4 is 23.2 Å². The number of hydrogen-bond donors (Lipinski definition) is 2. The van der Waals surface area contributed by atoms with Gasteiger partial charge in [0.25, 0.3) is 0 Å². The van der Waals surface area contributed by atoms with Crippen molar-refractivity contribution in [2.24, 2.45) is 0 Å². The maximum absolute atomic E-state index is 4.92. The zero-order chi connectivity index (χ0) is 22.5. The first kappa shape index (κ1) is 21.0. The number of nitrogens with one attached hydrogen (secondary N) is 2. The minimum absolute atomic E-state index is 0.698. The first-order valence-corrected chi connectivity index (χ1v) is 10.4. The van der Waals surface area contributed by atoms with Crippen molar-refractivity contribution in [2.75, 3.05) is 0 Å². The minimum atomic E-state index is 0.698. The molecule has 0 amide bonds. The summed E-state index contributed by atoms with van der Waals surface area (Å²) >= 11 is 0. The third kappa shape index (κ3) is 4.01. The van der Waals surface area contributed by atoms with Gasteiger partial charge in [0, 0.05) is 28.7 Å². The van der Waals surface area contributed by atoms with Gasteiger partial charge in [-0.2, -0.15) is 5.10 Å². The van der Waals surface area contributed by atoms with Gasteiger partial charge in [-0.1, -0.05) is 61.7 Å². The number of benzene rings is 1. The van der Waals surface area contributed by atoms with Gasteiger partial charge in [0.1, 0.15) is 5.69 Å². The zero-order valence-corrected chi connectivity index (χ0v) is 18.3. The molecule has 0 saturated heterocycles. The van der Waals surface area contributed by atoms with Crippen LogP contribution in [0.25, 0.3) is 45.8 Å². The summed E-state index contributed by atoms with van der Waals surface area (Å²) in [5.41, 5.74) is 6.51. The molecule has 5 nitrogen and oxygen atoms in total. The van der Waals surface area contributed by atoms with E-state index in [0.717, 1.165) is 49.6 Å². The third-order valence-electron chi connectivity index (χ3n) is 5.24. The Balaban J connectivity index is 1.87. The van der Waals surface area contributed by atoms with Crippen molar-refractivity contribution in [1.82, 2.24) is 25.1 Å². The van der Waals surface area contributed by atoms with E-state index in [1.165, 1.54) is 0 Å². The summed E-state index contributed by atoms with van der Waals surface area (Å²) in [7, 11) is 0. The summed E-state index contributed by atoms with van der Waals surface area (Å²) in [5.74, 6) is 0.698. The van der Waals surface area contributed by atoms with Crippen LogP contribution in [0.4, 0.5) is 0 Å². The van der Waals surface area contributed by atoms with Gasteiger partial charge in [-0.05, 0) is 43.2 Å². The Labute approximate surface area is 187 Å². The fourth-order valence-corrected chi connectivity index (χ4v) is 3.63. The van der Waals surface area contributed by atoms with Gasteiger partial charge in [-0.3, -0.25) is 10.1 Å². The number of aromatic amines is 2. The Morgan fingerprint density at radius 1 is 1.12 bits per heavy atom. The number of aromatic nitrogens is 5. The second-order valence-electron chi connectivity index (χ2n) is 7.23. The molecular formula is C27H25N5. The molecule has 0 aliphatic carbocycles. The lowest BCUT2D eigenvalue weighted by Gasteiger charge is -2.01. The van der Waals surface area contributed by atoms with E-state index in [2.05, 4.69) is 39.4 Å². The van der Waals surface area contributed by atoms with Crippen molar-refractivity contribution in [1.29, 1.82) is 0 Å². The van der Waals surface area contributed by atoms with E-state index in [1.807, 2.05) is 74.7 Å². The Morgan fingerprint density at radius 3 is 2.72 bits per heavy atom. The molecule has 1 aromatic carbocycles. The highest BCUT2D eigenvalue weighted by Crippen LogP contribution is 2.28. The van der Waals surface area contributed by atoms with Gasteiger partial charge in [0.2, 0.25) is 0 Å². The lowest BCUT2D eigenvalue weighted by atomic mass is 10.1. The van der Waals surface area contributed by atoms with Gasteiger partial charge in [0.05, 0.1) is 16.4 Å². The predicted molar refractivity (Wildman–Crippen MR) is 133 cm³/mol. The SMILES string of the molecule is C=C/C=C\C(=C/C)C(=C)/C=c1/c(-c2nc3c(-c4cccnc4)cccc3[nH]2)n[nH]/c1=C/C. The van der Waals surface area contributed by atoms with Crippen LogP contribution < -0.4 is 10.6 Å². The van der Waals surface area contributed by atoms with Crippen LogP contribution >= 0.6 is 0 Å². The highest BCUT2D eigenvalue weighted by atomic mass is 15.1. The number of rotatable bonds is 6. The second-order valence-corrected chi connectivity index (χ2v) is 7.23. The van der Waals surface area contributed by atoms with Gasteiger partial charge in [-0.25, -0.2) is 4.98 Å². The van der Waals surface area contributed by atoms with E-state index in [1.54, 1.807) is 12.3 Å². The van der Waals surface area contributed by atoms with E-state index in [9.17, 15) is 0 Å². The smallest absolute Gasteiger partial charge is 0.159 e. The molecule has 158 valence electrons. The largest absolute Gasteiger partial charge is 0.337 e. The number of imidazole rings is 1. The van der Waals surface area contributed by atoms with Gasteiger partial charge < -0.3 is 4.98 Å². The Hall–Kier alpha value is -4.25. The normalized spacial score (nSPS) is 13.4. The van der Waals surface area contributed by atoms with Crippen LogP contribution in [-0.4, -0.2) is 25.1 Å². The fourth-order valence-electron chi connectivity index (χ4n) is 3.63. The molecule has 3 heterocycles. The number of pyridine rings is 1. The van der Waals surface area contributed by atoms with Crippen LogP contribution in [0.2, 0.25) is 0 Å². The molecule has 4 rings (SSSR count). The summed E-state index contributed by atoms with van der Waals surface area (Å²) in [6.07, 6.45) is 15.3. The van der Waals surface area contributed by atoms with Crippen molar-refractivity contribution in [2.45, 2.75) is 13.8 Å². The van der Waals surface area contributed by atoms with Crippen molar-refractivity contribution in [3.05, 3.63) is 102 Å². The molecule has 3 aromatic heterocycles. The van der Waals surface area contributed by atoms with Gasteiger partial charge >= 0.3 is 0 Å². The third-order valence-corrected chi connectivity index (χ3v) is 5.24. The number of fused-ring (bicyclic) bond motifs is 1. The number of allylic oxidation sites excluding steroid dienone is 6. The summed E-state index contributed by atoms with van der Waals surface area (Å²) in [5, 5.41) is 9.53. The minimum Gasteiger partial charge on any atom is -0.337 e. The molecule has 0 fully saturated rings. The van der Waals surface area contributed by atoms with E-state index in [0.29, 0.717) is 5.82 Å². The molecule has 0 aliphatic heterocycles. The molecule has 0 atom stereocenters. The maximum Gasteiger partial charge on any atom is 0.159 e. The average Bonchev–Trinajstić information content (AvgIpc) is 3.43. The summed E-state index contributed by atoms with van der Waals surface area (Å²) in [6.45, 7) is 12.0. The molecule has 32 heavy (non-hydrogen) atoms. The van der Waals surface area contributed by atoms with Gasteiger partial charge in [0.15, 0.2) is 5.82 Å². The Morgan fingerprint density at radius 2 is 2.00 bits per heavy atom. The molecule has 0 aliphatic rings. The highest BCUT2D eigenvalue weighted by Gasteiger charge is 2.14. The van der Waals surface area contributed by atoms with Crippen LogP contribution in [0.15, 0.2) is 91.3 Å². The maximum atomic E-state index is 4.92. The quantitative estimate of drug-likeness (QED) is 0.439. The summed E-state index contributed by atoms with van der Waals surface area (Å²) < 4.78 is 0. The van der Waals surface area contributed by atoms with Crippen LogP contribution in [0.3, 0.4) is 0 Å². The Bertz CT molecular complexity index is 1460. The van der Waals surface area contributed by atoms with Gasteiger partial charge in [-0.15, -0.1) is 0 Å². The zero-order valence-electron chi connectivity index (χ0n) is 18.3. The number of hydrogen-bond acceptors (Lipinski definition) is 3. The molecule has 5 heteroatoms. The van der Waals surface area contributed by atoms with Crippen molar-refractivity contribution in [3.8, 4) is 22.6 Å². The lowest BCUT2D eigenvalue weighted by molar-refractivity contribution is 1.05. The average molecular weight is 420 g/mol. The van der Waals surface area contributed by atoms with E-state index < -0.39 is 0 Å². The van der Waals surface area contributed by atoms with E-state index in [4.69, 9.17) is 4.98 Å². The lowest BCUT2D eigenvalue weighted by Crippen LogP contribution is -2.24. The highest BCUT2D eigenvalue weighted by molar-refractivity contribution is 5.93. The predicted octanol–water partition coefficient (Wildman–Crippen LogP) is 4.84. The molecule has 0 saturated carbocycles. The molecule has 2 N–H and O–H groups in total. The first-order chi connectivity index (χ1) is 15.7. The van der Waals surface area contributed by atoms with Crippen LogP contribution in [-0.2, 0) is 0 Å². The molecule has 0 unspecified atom stereocenters. The van der Waals surface area contributed by atoms with Crippen molar-refractivity contribution < 1.29 is 0 Å². The topological polar surface area (TPSA) is 70.2 Å². The molecule has 0 radical (unpaired) electrons. The monoisotopic (exact) mass is 419 g/mol. The van der Waals surface area contributed by atoms with Crippen molar-refractivity contribution in [3.63, 3.8) is 0 Å². The summed E-state index contributed by atoms with van der Waals surface area (Å²) in [4.78, 5) is 12.6. The van der Waals surface area contributed by atoms with Crippen LogP contribution in [0.5, 0.6) is 0 Å². The molecule has 4 aromatic rings. The van der Waals surface area contributed by atoms with E-state index >= 15 is 0 Å². The standard InChI is InChI=1S/C27H25N5/c1-5-8-11-19(6-2)18(4)16-22-23(7-3)31-32-26(22)27-29-24-14-9-13-21(25(24)30-27)20-12-10-15-28-17-20/h5-17,31H,1,4H2,2-3H3,(H,29,30)/b11-8-,19-6+,22-16+,23-7+. The number of para-hydroxylation sites is 1. The first-order valence-electron chi connectivity index (χ1n) is 10.4. The number of nitrogens with zero attached hydrogens (tertiary/aromatic N) is 3. The molecule has 0 bridgehead atoms. The number of H-pyrrole nitrogens is 2.